The summed E-state index contributed by atoms with van der Waals surface area (Å²) in [6.07, 6.45) is 13.1. The zero-order chi connectivity index (χ0) is 17.5. The highest BCUT2D eigenvalue weighted by molar-refractivity contribution is 5.25. The second-order valence-corrected chi connectivity index (χ2v) is 6.63. The molecule has 1 atom stereocenters. The summed E-state index contributed by atoms with van der Waals surface area (Å²) < 4.78 is 0. The Balaban J connectivity index is 1.50. The number of rotatable bonds is 7. The molecule has 1 saturated carbocycles. The van der Waals surface area contributed by atoms with E-state index in [-0.39, 0.29) is 6.17 Å². The lowest BCUT2D eigenvalue weighted by atomic mass is 9.86. The maximum absolute atomic E-state index is 9.34. The molecule has 1 aliphatic carbocycles. The van der Waals surface area contributed by atoms with E-state index in [9.17, 15) is 5.21 Å². The van der Waals surface area contributed by atoms with Crippen molar-refractivity contribution in [2.45, 2.75) is 44.4 Å². The molecule has 1 unspecified atom stereocenters. The molecule has 1 aromatic rings. The van der Waals surface area contributed by atoms with Crippen LogP contribution in [0, 0.1) is 5.92 Å². The number of hydroxylamine groups is 1. The van der Waals surface area contributed by atoms with Crippen LogP contribution in [0.2, 0.25) is 0 Å². The fraction of sp³-hybridized carbons (Fsp3) is 0.529. The van der Waals surface area contributed by atoms with Gasteiger partial charge in [0, 0.05) is 25.0 Å². The monoisotopic (exact) mass is 345 g/mol. The molecule has 0 saturated heterocycles. The average molecular weight is 345 g/mol. The molecule has 8 heteroatoms. The highest BCUT2D eigenvalue weighted by Crippen LogP contribution is 2.22. The Morgan fingerprint density at radius 2 is 2.04 bits per heavy atom. The van der Waals surface area contributed by atoms with Crippen molar-refractivity contribution in [3.63, 3.8) is 0 Å². The predicted octanol–water partition coefficient (Wildman–Crippen LogP) is 0.307. The molecular weight excluding hydrogens is 318 g/mol. The molecule has 1 aliphatic heterocycles. The van der Waals surface area contributed by atoms with Gasteiger partial charge in [-0.15, -0.1) is 0 Å². The van der Waals surface area contributed by atoms with Crippen LogP contribution in [0.5, 0.6) is 0 Å². The Kier molecular flexibility index (Phi) is 6.21. The minimum absolute atomic E-state index is 0.171. The largest absolute Gasteiger partial charge is 0.366 e. The molecule has 0 bridgehead atoms. The van der Waals surface area contributed by atoms with E-state index in [0.717, 1.165) is 43.7 Å². The zero-order valence-corrected chi connectivity index (χ0v) is 14.3. The third-order valence-corrected chi connectivity index (χ3v) is 4.75. The van der Waals surface area contributed by atoms with Crippen LogP contribution >= 0.6 is 0 Å². The standard InChI is InChI=1S/C17H27N7O/c18-13-3-1-12(2-4-13)9-22-17-15(24-25)5-6-16(23-17)21-11-14-10-19-7-8-20-14/h5-8,10,12-13,17,21-25H,1-4,9,11,18H2. The minimum Gasteiger partial charge on any atom is -0.366 e. The number of allylic oxidation sites excluding steroid dienone is 2. The normalized spacial score (nSPS) is 26.2. The first-order valence-corrected chi connectivity index (χ1v) is 8.81. The number of nitrogens with one attached hydrogen (secondary N) is 4. The Hall–Kier alpha value is -2.16. The number of nitrogens with zero attached hydrogens (tertiary/aromatic N) is 2. The van der Waals surface area contributed by atoms with Crippen LogP contribution in [-0.2, 0) is 6.54 Å². The maximum atomic E-state index is 9.34. The number of aromatic nitrogens is 2. The summed E-state index contributed by atoms with van der Waals surface area (Å²) in [7, 11) is 0. The molecule has 25 heavy (non-hydrogen) atoms. The Labute approximate surface area is 148 Å². The number of dihydropyridines is 1. The van der Waals surface area contributed by atoms with Gasteiger partial charge in [0.2, 0.25) is 0 Å². The van der Waals surface area contributed by atoms with E-state index in [2.05, 4.69) is 31.4 Å². The molecule has 136 valence electrons. The molecule has 0 spiro atoms. The van der Waals surface area contributed by atoms with Gasteiger partial charge in [-0.05, 0) is 43.8 Å². The lowest BCUT2D eigenvalue weighted by Crippen LogP contribution is -2.51. The summed E-state index contributed by atoms with van der Waals surface area (Å²) in [5.41, 5.74) is 9.79. The van der Waals surface area contributed by atoms with E-state index in [4.69, 9.17) is 5.73 Å². The van der Waals surface area contributed by atoms with Crippen molar-refractivity contribution >= 4 is 0 Å². The molecular formula is C17H27N7O. The SMILES string of the molecule is NC1CCC(CNC2NC(NCc3cnccn3)=CC=C2NO)CC1. The quantitative estimate of drug-likeness (QED) is 0.391. The number of nitrogens with two attached hydrogens (primary N) is 1. The van der Waals surface area contributed by atoms with E-state index in [1.54, 1.807) is 18.6 Å². The van der Waals surface area contributed by atoms with E-state index in [1.807, 2.05) is 12.2 Å². The van der Waals surface area contributed by atoms with Gasteiger partial charge in [0.05, 0.1) is 24.1 Å². The fourth-order valence-corrected chi connectivity index (χ4v) is 3.21. The Morgan fingerprint density at radius 1 is 1.20 bits per heavy atom. The predicted molar refractivity (Wildman–Crippen MR) is 94.8 cm³/mol. The van der Waals surface area contributed by atoms with Crippen LogP contribution in [0.15, 0.2) is 42.3 Å². The van der Waals surface area contributed by atoms with Gasteiger partial charge in [-0.2, -0.15) is 0 Å². The molecule has 2 aliphatic rings. The van der Waals surface area contributed by atoms with Crippen molar-refractivity contribution in [2.24, 2.45) is 11.7 Å². The highest BCUT2D eigenvalue weighted by atomic mass is 16.5. The first kappa shape index (κ1) is 17.7. The molecule has 2 heterocycles. The first-order valence-electron chi connectivity index (χ1n) is 8.81. The highest BCUT2D eigenvalue weighted by Gasteiger charge is 2.22. The lowest BCUT2D eigenvalue weighted by molar-refractivity contribution is 0.182. The second-order valence-electron chi connectivity index (χ2n) is 6.63. The third-order valence-electron chi connectivity index (χ3n) is 4.75. The van der Waals surface area contributed by atoms with Gasteiger partial charge in [0.15, 0.2) is 0 Å². The van der Waals surface area contributed by atoms with Gasteiger partial charge in [0.1, 0.15) is 12.0 Å². The van der Waals surface area contributed by atoms with Crippen molar-refractivity contribution in [1.82, 2.24) is 31.4 Å². The van der Waals surface area contributed by atoms with Crippen LogP contribution in [0.1, 0.15) is 31.4 Å². The summed E-state index contributed by atoms with van der Waals surface area (Å²) in [5, 5.41) is 19.5. The average Bonchev–Trinajstić information content (AvgIpc) is 2.67. The molecule has 0 amide bonds. The molecule has 8 nitrogen and oxygen atoms in total. The topological polar surface area (TPSA) is 120 Å². The smallest absolute Gasteiger partial charge is 0.121 e. The fourth-order valence-electron chi connectivity index (χ4n) is 3.21. The van der Waals surface area contributed by atoms with E-state index >= 15 is 0 Å². The van der Waals surface area contributed by atoms with Crippen LogP contribution in [0.3, 0.4) is 0 Å². The summed E-state index contributed by atoms with van der Waals surface area (Å²) in [4.78, 5) is 8.30. The molecule has 0 aromatic carbocycles. The van der Waals surface area contributed by atoms with Crippen LogP contribution in [0.25, 0.3) is 0 Å². The van der Waals surface area contributed by atoms with E-state index in [1.165, 1.54) is 0 Å². The lowest BCUT2D eigenvalue weighted by Gasteiger charge is -2.31. The minimum atomic E-state index is -0.171. The van der Waals surface area contributed by atoms with Crippen LogP contribution < -0.4 is 27.2 Å². The van der Waals surface area contributed by atoms with Gasteiger partial charge in [0.25, 0.3) is 0 Å². The molecule has 3 rings (SSSR count). The van der Waals surface area contributed by atoms with E-state index < -0.39 is 0 Å². The first-order chi connectivity index (χ1) is 12.2. The Morgan fingerprint density at radius 3 is 2.76 bits per heavy atom. The van der Waals surface area contributed by atoms with Crippen molar-refractivity contribution in [3.8, 4) is 0 Å². The maximum Gasteiger partial charge on any atom is 0.121 e. The molecule has 7 N–H and O–H groups in total. The summed E-state index contributed by atoms with van der Waals surface area (Å²) in [6.45, 7) is 1.47. The summed E-state index contributed by atoms with van der Waals surface area (Å²) in [5.74, 6) is 1.50. The van der Waals surface area contributed by atoms with Crippen molar-refractivity contribution < 1.29 is 5.21 Å². The molecule has 0 radical (unpaired) electrons. The van der Waals surface area contributed by atoms with Crippen LogP contribution in [0.4, 0.5) is 0 Å². The third kappa shape index (κ3) is 5.15. The van der Waals surface area contributed by atoms with E-state index in [0.29, 0.717) is 24.2 Å². The summed E-state index contributed by atoms with van der Waals surface area (Å²) in [6, 6.07) is 0.360. The van der Waals surface area contributed by atoms with Gasteiger partial charge >= 0.3 is 0 Å². The number of hydrogen-bond acceptors (Lipinski definition) is 8. The zero-order valence-electron chi connectivity index (χ0n) is 14.3. The van der Waals surface area contributed by atoms with Gasteiger partial charge in [-0.1, -0.05) is 0 Å². The van der Waals surface area contributed by atoms with Crippen molar-refractivity contribution in [1.29, 1.82) is 0 Å². The Bertz CT molecular complexity index is 596. The van der Waals surface area contributed by atoms with Gasteiger partial charge in [-0.25, -0.2) is 0 Å². The van der Waals surface area contributed by atoms with Crippen molar-refractivity contribution in [2.75, 3.05) is 6.54 Å². The van der Waals surface area contributed by atoms with Gasteiger partial charge in [-0.3, -0.25) is 26.0 Å². The molecule has 1 aromatic heterocycles. The van der Waals surface area contributed by atoms with Gasteiger partial charge < -0.3 is 16.4 Å². The van der Waals surface area contributed by atoms with Crippen molar-refractivity contribution in [3.05, 3.63) is 48.0 Å². The van der Waals surface area contributed by atoms with Crippen LogP contribution in [-0.4, -0.2) is 33.9 Å². The summed E-state index contributed by atoms with van der Waals surface area (Å²) >= 11 is 0. The second kappa shape index (κ2) is 8.80. The number of hydrogen-bond donors (Lipinski definition) is 6. The molecule has 1 fully saturated rings.